The molecule has 1 amide bonds. The van der Waals surface area contributed by atoms with Crippen LogP contribution in [0.3, 0.4) is 0 Å². The largest absolute Gasteiger partial charge is 0.380 e. The average Bonchev–Trinajstić information content (AvgIpc) is 2.59. The Morgan fingerprint density at radius 3 is 2.71 bits per heavy atom. The molecule has 14 heavy (non-hydrogen) atoms. The summed E-state index contributed by atoms with van der Waals surface area (Å²) in [6.07, 6.45) is 0.966. The second-order valence-electron chi connectivity index (χ2n) is 3.92. The van der Waals surface area contributed by atoms with E-state index in [1.54, 1.807) is 7.11 Å². The number of ether oxygens (including phenoxy) is 1. The van der Waals surface area contributed by atoms with E-state index < -0.39 is 0 Å². The quantitative estimate of drug-likeness (QED) is 0.515. The van der Waals surface area contributed by atoms with Crippen molar-refractivity contribution < 1.29 is 9.53 Å². The van der Waals surface area contributed by atoms with Gasteiger partial charge in [-0.3, -0.25) is 4.79 Å². The van der Waals surface area contributed by atoms with Gasteiger partial charge >= 0.3 is 0 Å². The first-order valence-electron chi connectivity index (χ1n) is 5.07. The molecule has 0 aromatic rings. The van der Waals surface area contributed by atoms with Crippen LogP contribution < -0.4 is 16.0 Å². The third kappa shape index (κ3) is 2.05. The fourth-order valence-corrected chi connectivity index (χ4v) is 1.78. The zero-order valence-corrected chi connectivity index (χ0v) is 8.38. The van der Waals surface area contributed by atoms with Gasteiger partial charge in [0.1, 0.15) is 0 Å². The van der Waals surface area contributed by atoms with Crippen molar-refractivity contribution in [2.24, 2.45) is 0 Å². The van der Waals surface area contributed by atoms with Crippen molar-refractivity contribution in [3.05, 3.63) is 0 Å². The molecule has 5 heteroatoms. The smallest absolute Gasteiger partial charge is 0.237 e. The van der Waals surface area contributed by atoms with E-state index in [1.807, 2.05) is 0 Å². The van der Waals surface area contributed by atoms with Crippen LogP contribution in [-0.2, 0) is 9.53 Å². The van der Waals surface area contributed by atoms with E-state index >= 15 is 0 Å². The van der Waals surface area contributed by atoms with Gasteiger partial charge in [0, 0.05) is 26.7 Å². The normalized spacial score (nSPS) is 32.6. The monoisotopic (exact) mass is 199 g/mol. The summed E-state index contributed by atoms with van der Waals surface area (Å²) in [5, 5.41) is 9.25. The van der Waals surface area contributed by atoms with Crippen molar-refractivity contribution in [3.8, 4) is 0 Å². The Labute approximate surface area is 83.6 Å². The van der Waals surface area contributed by atoms with Gasteiger partial charge in [-0.2, -0.15) is 0 Å². The Morgan fingerprint density at radius 1 is 1.43 bits per heavy atom. The average molecular weight is 199 g/mol. The zero-order chi connectivity index (χ0) is 9.97. The molecule has 5 nitrogen and oxygen atoms in total. The third-order valence-corrected chi connectivity index (χ3v) is 2.87. The van der Waals surface area contributed by atoms with Crippen molar-refractivity contribution >= 4 is 5.91 Å². The molecule has 0 aromatic carbocycles. The molecule has 2 rings (SSSR count). The molecule has 2 fully saturated rings. The molecule has 2 heterocycles. The van der Waals surface area contributed by atoms with Crippen LogP contribution in [0.15, 0.2) is 0 Å². The highest BCUT2D eigenvalue weighted by Gasteiger charge is 2.31. The summed E-state index contributed by atoms with van der Waals surface area (Å²) in [5.41, 5.74) is 0. The molecule has 0 aromatic heterocycles. The van der Waals surface area contributed by atoms with Crippen LogP contribution in [0, 0.1) is 0 Å². The predicted molar refractivity (Wildman–Crippen MR) is 52.0 cm³/mol. The fraction of sp³-hybridized carbons (Fsp3) is 0.889. The van der Waals surface area contributed by atoms with Gasteiger partial charge in [0.15, 0.2) is 0 Å². The molecule has 0 spiro atoms. The first kappa shape index (κ1) is 9.89. The minimum atomic E-state index is -0.0689. The van der Waals surface area contributed by atoms with Gasteiger partial charge in [0.25, 0.3) is 0 Å². The molecule has 2 saturated heterocycles. The number of rotatable bonds is 3. The zero-order valence-electron chi connectivity index (χ0n) is 8.38. The summed E-state index contributed by atoms with van der Waals surface area (Å²) in [5.74, 6) is 0.107. The number of nitrogens with one attached hydrogen (secondary N) is 3. The van der Waals surface area contributed by atoms with Gasteiger partial charge in [-0.15, -0.1) is 0 Å². The first-order chi connectivity index (χ1) is 6.79. The molecule has 0 unspecified atom stereocenters. The SMILES string of the molecule is CO[C@H]1CN[C@H](C(=O)NC2CNC2)C1. The lowest BCUT2D eigenvalue weighted by Crippen LogP contribution is -2.59. The van der Waals surface area contributed by atoms with Gasteiger partial charge in [-0.1, -0.05) is 0 Å². The minimum absolute atomic E-state index is 0.0689. The number of carbonyl (C=O) groups is 1. The molecule has 3 N–H and O–H groups in total. The minimum Gasteiger partial charge on any atom is -0.380 e. The van der Waals surface area contributed by atoms with E-state index in [-0.39, 0.29) is 18.1 Å². The van der Waals surface area contributed by atoms with Crippen molar-refractivity contribution in [1.82, 2.24) is 16.0 Å². The Bertz CT molecular complexity index is 218. The predicted octanol–water partition coefficient (Wildman–Crippen LogP) is -1.55. The maximum atomic E-state index is 11.7. The van der Waals surface area contributed by atoms with Gasteiger partial charge in [-0.05, 0) is 6.42 Å². The van der Waals surface area contributed by atoms with Crippen molar-refractivity contribution in [3.63, 3.8) is 0 Å². The van der Waals surface area contributed by atoms with E-state index in [0.29, 0.717) is 6.04 Å². The van der Waals surface area contributed by atoms with Gasteiger partial charge in [-0.25, -0.2) is 0 Å². The topological polar surface area (TPSA) is 62.4 Å². The second-order valence-corrected chi connectivity index (χ2v) is 3.92. The number of methoxy groups -OCH3 is 1. The fourth-order valence-electron chi connectivity index (χ4n) is 1.78. The van der Waals surface area contributed by atoms with Crippen molar-refractivity contribution in [2.75, 3.05) is 26.7 Å². The number of hydrogen-bond acceptors (Lipinski definition) is 4. The number of amides is 1. The summed E-state index contributed by atoms with van der Waals surface area (Å²) in [6.45, 7) is 2.57. The molecule has 0 saturated carbocycles. The van der Waals surface area contributed by atoms with E-state index in [0.717, 1.165) is 26.1 Å². The van der Waals surface area contributed by atoms with Crippen LogP contribution >= 0.6 is 0 Å². The second kappa shape index (κ2) is 4.25. The van der Waals surface area contributed by atoms with Crippen molar-refractivity contribution in [1.29, 1.82) is 0 Å². The summed E-state index contributed by atoms with van der Waals surface area (Å²) in [4.78, 5) is 11.7. The highest BCUT2D eigenvalue weighted by atomic mass is 16.5. The van der Waals surface area contributed by atoms with Crippen LogP contribution in [0.5, 0.6) is 0 Å². The van der Waals surface area contributed by atoms with E-state index in [1.165, 1.54) is 0 Å². The molecule has 0 radical (unpaired) electrons. The highest BCUT2D eigenvalue weighted by molar-refractivity contribution is 5.82. The van der Waals surface area contributed by atoms with E-state index in [4.69, 9.17) is 4.74 Å². The van der Waals surface area contributed by atoms with Crippen molar-refractivity contribution in [2.45, 2.75) is 24.6 Å². The van der Waals surface area contributed by atoms with Gasteiger partial charge in [0.05, 0.1) is 18.2 Å². The lowest BCUT2D eigenvalue weighted by molar-refractivity contribution is -0.124. The first-order valence-corrected chi connectivity index (χ1v) is 5.07. The molecular formula is C9H17N3O2. The van der Waals surface area contributed by atoms with Gasteiger partial charge < -0.3 is 20.7 Å². The lowest BCUT2D eigenvalue weighted by atomic mass is 10.1. The van der Waals surface area contributed by atoms with Crippen LogP contribution in [0.4, 0.5) is 0 Å². The highest BCUT2D eigenvalue weighted by Crippen LogP contribution is 2.09. The molecule has 80 valence electrons. The summed E-state index contributed by atoms with van der Waals surface area (Å²) >= 11 is 0. The lowest BCUT2D eigenvalue weighted by Gasteiger charge is -2.29. The Hall–Kier alpha value is -0.650. The molecule has 2 aliphatic rings. The Morgan fingerprint density at radius 2 is 2.21 bits per heavy atom. The summed E-state index contributed by atoms with van der Waals surface area (Å²) in [6, 6.07) is 0.256. The Kier molecular flexibility index (Phi) is 3.00. The van der Waals surface area contributed by atoms with E-state index in [9.17, 15) is 4.79 Å². The maximum Gasteiger partial charge on any atom is 0.237 e. The standard InChI is InChI=1S/C9H17N3O2/c1-14-7-2-8(11-5-7)9(13)12-6-3-10-4-6/h6-8,10-11H,2-5H2,1H3,(H,12,13)/t7-,8+/m1/s1. The molecule has 2 aliphatic heterocycles. The molecule has 0 bridgehead atoms. The summed E-state index contributed by atoms with van der Waals surface area (Å²) < 4.78 is 5.18. The molecule has 2 atom stereocenters. The number of carbonyl (C=O) groups excluding carboxylic acids is 1. The van der Waals surface area contributed by atoms with Crippen LogP contribution in [0.25, 0.3) is 0 Å². The van der Waals surface area contributed by atoms with Crippen LogP contribution in [-0.4, -0.2) is 50.8 Å². The third-order valence-electron chi connectivity index (χ3n) is 2.87. The number of hydrogen-bond donors (Lipinski definition) is 3. The maximum absolute atomic E-state index is 11.7. The molecule has 0 aliphatic carbocycles. The molecular weight excluding hydrogens is 182 g/mol. The van der Waals surface area contributed by atoms with Crippen LogP contribution in [0.2, 0.25) is 0 Å². The van der Waals surface area contributed by atoms with E-state index in [2.05, 4.69) is 16.0 Å². The van der Waals surface area contributed by atoms with Crippen LogP contribution in [0.1, 0.15) is 6.42 Å². The summed E-state index contributed by atoms with van der Waals surface area (Å²) in [7, 11) is 1.68. The Balaban J connectivity index is 1.74. The van der Waals surface area contributed by atoms with Gasteiger partial charge in [0.2, 0.25) is 5.91 Å².